The number of halogens is 1. The van der Waals surface area contributed by atoms with Crippen LogP contribution in [-0.4, -0.2) is 58.0 Å². The van der Waals surface area contributed by atoms with Gasteiger partial charge in [-0.05, 0) is 44.4 Å². The SMILES string of the molecule is Cc1nnc(CN=C(NCC2CCCO2)N2CCC(CC(C)C)C2)n1C.I. The molecule has 2 fully saturated rings. The van der Waals surface area contributed by atoms with Gasteiger partial charge in [-0.3, -0.25) is 0 Å². The monoisotopic (exact) mass is 490 g/mol. The number of aliphatic imine (C=N–C) groups is 1. The second-order valence-electron chi connectivity index (χ2n) is 8.11. The Morgan fingerprint density at radius 3 is 2.78 bits per heavy atom. The predicted octanol–water partition coefficient (Wildman–Crippen LogP) is 2.73. The first-order chi connectivity index (χ1) is 12.5. The van der Waals surface area contributed by atoms with Crippen LogP contribution in [0, 0.1) is 18.8 Å². The van der Waals surface area contributed by atoms with E-state index in [1.165, 1.54) is 12.8 Å². The zero-order valence-corrected chi connectivity index (χ0v) is 19.5. The fourth-order valence-electron chi connectivity index (χ4n) is 3.90. The summed E-state index contributed by atoms with van der Waals surface area (Å²) in [5.41, 5.74) is 0. The maximum absolute atomic E-state index is 5.76. The number of rotatable bonds is 6. The number of ether oxygens (including phenoxy) is 1. The lowest BCUT2D eigenvalue weighted by Gasteiger charge is -2.24. The Kier molecular flexibility index (Phi) is 8.78. The molecule has 0 saturated carbocycles. The van der Waals surface area contributed by atoms with Gasteiger partial charge in [0.1, 0.15) is 12.4 Å². The fourth-order valence-corrected chi connectivity index (χ4v) is 3.90. The molecule has 1 aromatic heterocycles. The van der Waals surface area contributed by atoms with Crippen molar-refractivity contribution in [3.63, 3.8) is 0 Å². The van der Waals surface area contributed by atoms with Crippen LogP contribution < -0.4 is 5.32 Å². The van der Waals surface area contributed by atoms with Crippen molar-refractivity contribution in [2.75, 3.05) is 26.2 Å². The molecular weight excluding hydrogens is 455 g/mol. The van der Waals surface area contributed by atoms with Crippen LogP contribution in [0.2, 0.25) is 0 Å². The number of hydrogen-bond acceptors (Lipinski definition) is 4. The second kappa shape index (κ2) is 10.6. The summed E-state index contributed by atoms with van der Waals surface area (Å²) in [6.45, 7) is 11.0. The first kappa shape index (κ1) is 22.4. The van der Waals surface area contributed by atoms with Crippen LogP contribution in [0.3, 0.4) is 0 Å². The lowest BCUT2D eigenvalue weighted by atomic mass is 9.97. The van der Waals surface area contributed by atoms with Crippen LogP contribution in [-0.2, 0) is 18.3 Å². The van der Waals surface area contributed by atoms with Gasteiger partial charge in [0.15, 0.2) is 11.8 Å². The molecule has 2 atom stereocenters. The quantitative estimate of drug-likeness (QED) is 0.378. The van der Waals surface area contributed by atoms with Crippen molar-refractivity contribution in [1.82, 2.24) is 25.0 Å². The van der Waals surface area contributed by atoms with Crippen LogP contribution >= 0.6 is 24.0 Å². The number of likely N-dealkylation sites (tertiary alicyclic amines) is 1. The van der Waals surface area contributed by atoms with E-state index in [4.69, 9.17) is 9.73 Å². The average molecular weight is 490 g/mol. The van der Waals surface area contributed by atoms with Crippen LogP contribution in [0.15, 0.2) is 4.99 Å². The number of nitrogens with one attached hydrogen (secondary N) is 1. The lowest BCUT2D eigenvalue weighted by molar-refractivity contribution is 0.113. The van der Waals surface area contributed by atoms with E-state index in [9.17, 15) is 0 Å². The standard InChI is InChI=1S/C19H34N6O.HI/c1-14(2)10-16-7-8-25(13-16)19(20-11-17-6-5-9-26-17)21-12-18-23-22-15(3)24(18)4;/h14,16-17H,5-13H2,1-4H3,(H,20,21);1H. The minimum absolute atomic E-state index is 0. The summed E-state index contributed by atoms with van der Waals surface area (Å²) < 4.78 is 7.77. The molecular formula is C19H35IN6O. The summed E-state index contributed by atoms with van der Waals surface area (Å²) in [5.74, 6) is 4.33. The van der Waals surface area contributed by atoms with E-state index in [-0.39, 0.29) is 24.0 Å². The Balaban J connectivity index is 0.00000261. The fraction of sp³-hybridized carbons (Fsp3) is 0.842. The van der Waals surface area contributed by atoms with Gasteiger partial charge in [-0.25, -0.2) is 4.99 Å². The van der Waals surface area contributed by atoms with Crippen LogP contribution in [0.25, 0.3) is 0 Å². The van der Waals surface area contributed by atoms with E-state index >= 15 is 0 Å². The number of aromatic nitrogens is 3. The molecule has 0 radical (unpaired) electrons. The maximum Gasteiger partial charge on any atom is 0.194 e. The zero-order valence-electron chi connectivity index (χ0n) is 17.1. The van der Waals surface area contributed by atoms with E-state index < -0.39 is 0 Å². The minimum Gasteiger partial charge on any atom is -0.376 e. The van der Waals surface area contributed by atoms with Crippen molar-refractivity contribution in [1.29, 1.82) is 0 Å². The highest BCUT2D eigenvalue weighted by molar-refractivity contribution is 14.0. The molecule has 2 unspecified atom stereocenters. The number of nitrogens with zero attached hydrogens (tertiary/aromatic N) is 5. The molecule has 3 rings (SSSR count). The zero-order chi connectivity index (χ0) is 18.5. The maximum atomic E-state index is 5.76. The second-order valence-corrected chi connectivity index (χ2v) is 8.11. The number of guanidine groups is 1. The van der Waals surface area contributed by atoms with Gasteiger partial charge < -0.3 is 19.5 Å². The van der Waals surface area contributed by atoms with Gasteiger partial charge in [-0.2, -0.15) is 0 Å². The van der Waals surface area contributed by atoms with Crippen molar-refractivity contribution in [3.8, 4) is 0 Å². The van der Waals surface area contributed by atoms with Gasteiger partial charge in [0, 0.05) is 33.3 Å². The molecule has 8 heteroatoms. The Morgan fingerprint density at radius 2 is 2.15 bits per heavy atom. The molecule has 1 aromatic rings. The Hall–Kier alpha value is -0.900. The van der Waals surface area contributed by atoms with Gasteiger partial charge in [0.2, 0.25) is 0 Å². The summed E-state index contributed by atoms with van der Waals surface area (Å²) in [4.78, 5) is 7.29. The molecule has 0 spiro atoms. The number of aryl methyl sites for hydroxylation is 1. The third-order valence-electron chi connectivity index (χ3n) is 5.45. The van der Waals surface area contributed by atoms with Gasteiger partial charge in [0.25, 0.3) is 0 Å². The number of hydrogen-bond donors (Lipinski definition) is 1. The van der Waals surface area contributed by atoms with Gasteiger partial charge >= 0.3 is 0 Å². The smallest absolute Gasteiger partial charge is 0.194 e. The first-order valence-corrected chi connectivity index (χ1v) is 10.0. The summed E-state index contributed by atoms with van der Waals surface area (Å²) >= 11 is 0. The van der Waals surface area contributed by atoms with Crippen molar-refractivity contribution in [2.24, 2.45) is 23.9 Å². The molecule has 27 heavy (non-hydrogen) atoms. The Labute approximate surface area is 180 Å². The molecule has 154 valence electrons. The molecule has 7 nitrogen and oxygen atoms in total. The molecule has 0 bridgehead atoms. The van der Waals surface area contributed by atoms with Crippen molar-refractivity contribution in [2.45, 2.75) is 59.1 Å². The van der Waals surface area contributed by atoms with Gasteiger partial charge in [-0.15, -0.1) is 34.2 Å². The third-order valence-corrected chi connectivity index (χ3v) is 5.45. The molecule has 1 N–H and O–H groups in total. The molecule has 3 heterocycles. The normalized spacial score (nSPS) is 23.1. The summed E-state index contributed by atoms with van der Waals surface area (Å²) in [6.07, 6.45) is 5.15. The van der Waals surface area contributed by atoms with Gasteiger partial charge in [-0.1, -0.05) is 13.8 Å². The van der Waals surface area contributed by atoms with Crippen molar-refractivity contribution < 1.29 is 4.74 Å². The highest BCUT2D eigenvalue weighted by Gasteiger charge is 2.26. The van der Waals surface area contributed by atoms with Gasteiger partial charge in [0.05, 0.1) is 6.10 Å². The van der Waals surface area contributed by atoms with E-state index in [0.29, 0.717) is 12.6 Å². The van der Waals surface area contributed by atoms with E-state index in [0.717, 1.165) is 68.5 Å². The van der Waals surface area contributed by atoms with Crippen molar-refractivity contribution in [3.05, 3.63) is 11.6 Å². The Morgan fingerprint density at radius 1 is 1.33 bits per heavy atom. The van der Waals surface area contributed by atoms with Crippen molar-refractivity contribution >= 4 is 29.9 Å². The summed E-state index contributed by atoms with van der Waals surface area (Å²) in [5, 5.41) is 11.9. The lowest BCUT2D eigenvalue weighted by Crippen LogP contribution is -2.43. The largest absolute Gasteiger partial charge is 0.376 e. The third kappa shape index (κ3) is 6.30. The molecule has 2 saturated heterocycles. The predicted molar refractivity (Wildman–Crippen MR) is 118 cm³/mol. The molecule has 0 aromatic carbocycles. The molecule has 2 aliphatic rings. The topological polar surface area (TPSA) is 67.6 Å². The average Bonchev–Trinajstić information content (AvgIpc) is 3.33. The van der Waals surface area contributed by atoms with Crippen LogP contribution in [0.1, 0.15) is 51.2 Å². The van der Waals surface area contributed by atoms with Crippen LogP contribution in [0.5, 0.6) is 0 Å². The van der Waals surface area contributed by atoms with Crippen LogP contribution in [0.4, 0.5) is 0 Å². The molecule has 0 amide bonds. The van der Waals surface area contributed by atoms with E-state index in [2.05, 4.69) is 34.3 Å². The molecule has 0 aliphatic carbocycles. The molecule has 2 aliphatic heterocycles. The highest BCUT2D eigenvalue weighted by atomic mass is 127. The minimum atomic E-state index is 0. The van der Waals surface area contributed by atoms with E-state index in [1.807, 2.05) is 18.5 Å². The summed E-state index contributed by atoms with van der Waals surface area (Å²) in [6, 6.07) is 0. The first-order valence-electron chi connectivity index (χ1n) is 10.0. The summed E-state index contributed by atoms with van der Waals surface area (Å²) in [7, 11) is 1.99. The highest BCUT2D eigenvalue weighted by Crippen LogP contribution is 2.23. The Bertz CT molecular complexity index is 611. The van der Waals surface area contributed by atoms with E-state index in [1.54, 1.807) is 0 Å².